The molecule has 20 heavy (non-hydrogen) atoms. The van der Waals surface area contributed by atoms with E-state index in [4.69, 9.17) is 0 Å². The van der Waals surface area contributed by atoms with Crippen LogP contribution < -0.4 is 5.32 Å². The van der Waals surface area contributed by atoms with E-state index in [-0.39, 0.29) is 5.91 Å². The highest BCUT2D eigenvalue weighted by Gasteiger charge is 2.07. The topological polar surface area (TPSA) is 85.6 Å². The first kappa shape index (κ1) is 12.0. The minimum Gasteiger partial charge on any atom is -0.319 e. The fraction of sp³-hybridized carbons (Fsp3) is 0. The summed E-state index contributed by atoms with van der Waals surface area (Å²) in [6.07, 6.45) is 6.10. The summed E-state index contributed by atoms with van der Waals surface area (Å²) < 4.78 is 1.53. The van der Waals surface area contributed by atoms with E-state index in [0.29, 0.717) is 17.2 Å². The number of amides is 1. The van der Waals surface area contributed by atoms with Crippen molar-refractivity contribution >= 4 is 11.6 Å². The van der Waals surface area contributed by atoms with Crippen LogP contribution >= 0.6 is 0 Å². The van der Waals surface area contributed by atoms with Crippen molar-refractivity contribution in [1.29, 1.82) is 0 Å². The zero-order valence-electron chi connectivity index (χ0n) is 10.3. The average molecular weight is 266 g/mol. The van der Waals surface area contributed by atoms with Crippen molar-refractivity contribution in [2.24, 2.45) is 0 Å². The second-order valence-corrected chi connectivity index (χ2v) is 3.91. The molecule has 0 saturated carbocycles. The standard InChI is InChI=1S/C13H10N6O/c20-13(11-3-1-2-6-15-11)18-10-4-5-12(16-7-10)19-9-14-8-17-19/h1-9H,(H,18,20). The Hall–Kier alpha value is -3.09. The Bertz CT molecular complexity index is 693. The van der Waals surface area contributed by atoms with Crippen molar-refractivity contribution < 1.29 is 4.79 Å². The molecule has 3 heterocycles. The summed E-state index contributed by atoms with van der Waals surface area (Å²) in [6, 6.07) is 8.64. The Labute approximate surface area is 114 Å². The Morgan fingerprint density at radius 3 is 2.75 bits per heavy atom. The third-order valence-corrected chi connectivity index (χ3v) is 2.56. The summed E-state index contributed by atoms with van der Waals surface area (Å²) in [5, 5.41) is 6.69. The van der Waals surface area contributed by atoms with E-state index in [1.165, 1.54) is 11.0 Å². The molecule has 1 amide bonds. The van der Waals surface area contributed by atoms with Crippen LogP contribution in [0.25, 0.3) is 5.82 Å². The molecule has 0 radical (unpaired) electrons. The van der Waals surface area contributed by atoms with Gasteiger partial charge in [-0.05, 0) is 24.3 Å². The predicted molar refractivity (Wildman–Crippen MR) is 71.3 cm³/mol. The van der Waals surface area contributed by atoms with Gasteiger partial charge in [0.1, 0.15) is 18.3 Å². The lowest BCUT2D eigenvalue weighted by atomic mass is 10.3. The Morgan fingerprint density at radius 1 is 1.15 bits per heavy atom. The molecule has 0 aliphatic rings. The first-order valence-corrected chi connectivity index (χ1v) is 5.86. The average Bonchev–Trinajstić information content (AvgIpc) is 3.03. The summed E-state index contributed by atoms with van der Waals surface area (Å²) in [4.78, 5) is 23.9. The lowest BCUT2D eigenvalue weighted by molar-refractivity contribution is 0.102. The van der Waals surface area contributed by atoms with Crippen LogP contribution in [-0.2, 0) is 0 Å². The van der Waals surface area contributed by atoms with Crippen molar-refractivity contribution in [3.8, 4) is 5.82 Å². The first-order chi connectivity index (χ1) is 9.83. The zero-order valence-corrected chi connectivity index (χ0v) is 10.3. The van der Waals surface area contributed by atoms with Gasteiger partial charge in [-0.25, -0.2) is 14.6 Å². The van der Waals surface area contributed by atoms with Gasteiger partial charge in [0.25, 0.3) is 5.91 Å². The van der Waals surface area contributed by atoms with Crippen molar-refractivity contribution in [2.45, 2.75) is 0 Å². The highest BCUT2D eigenvalue weighted by molar-refractivity contribution is 6.02. The van der Waals surface area contributed by atoms with Gasteiger partial charge in [-0.15, -0.1) is 0 Å². The molecule has 0 atom stereocenters. The summed E-state index contributed by atoms with van der Waals surface area (Å²) in [7, 11) is 0. The van der Waals surface area contributed by atoms with E-state index in [1.807, 2.05) is 0 Å². The van der Waals surface area contributed by atoms with E-state index >= 15 is 0 Å². The van der Waals surface area contributed by atoms with Gasteiger partial charge < -0.3 is 5.32 Å². The van der Waals surface area contributed by atoms with Crippen LogP contribution in [0, 0.1) is 0 Å². The molecule has 3 rings (SSSR count). The second kappa shape index (κ2) is 5.27. The van der Waals surface area contributed by atoms with E-state index in [9.17, 15) is 4.79 Å². The highest BCUT2D eigenvalue weighted by Crippen LogP contribution is 2.09. The molecule has 0 spiro atoms. The van der Waals surface area contributed by atoms with Crippen LogP contribution in [0.3, 0.4) is 0 Å². The molecular weight excluding hydrogens is 256 g/mol. The molecule has 98 valence electrons. The normalized spacial score (nSPS) is 10.2. The van der Waals surface area contributed by atoms with Crippen LogP contribution in [0.1, 0.15) is 10.5 Å². The molecule has 0 unspecified atom stereocenters. The molecule has 0 bridgehead atoms. The number of carbonyl (C=O) groups is 1. The van der Waals surface area contributed by atoms with Gasteiger partial charge in [-0.3, -0.25) is 9.78 Å². The molecule has 3 aromatic heterocycles. The minimum absolute atomic E-state index is 0.277. The number of hydrogen-bond acceptors (Lipinski definition) is 5. The molecule has 0 aliphatic carbocycles. The van der Waals surface area contributed by atoms with Crippen LogP contribution in [0.15, 0.2) is 55.4 Å². The molecule has 1 N–H and O–H groups in total. The second-order valence-electron chi connectivity index (χ2n) is 3.91. The van der Waals surface area contributed by atoms with Crippen LogP contribution in [0.4, 0.5) is 5.69 Å². The predicted octanol–water partition coefficient (Wildman–Crippen LogP) is 1.31. The molecular formula is C13H10N6O. The number of aromatic nitrogens is 5. The van der Waals surface area contributed by atoms with E-state index in [1.54, 1.807) is 49.1 Å². The quantitative estimate of drug-likeness (QED) is 0.772. The SMILES string of the molecule is O=C(Nc1ccc(-n2cncn2)nc1)c1ccccn1. The van der Waals surface area contributed by atoms with Gasteiger partial charge in [0, 0.05) is 6.20 Å². The first-order valence-electron chi connectivity index (χ1n) is 5.86. The molecule has 0 aliphatic heterocycles. The third-order valence-electron chi connectivity index (χ3n) is 2.56. The smallest absolute Gasteiger partial charge is 0.274 e. The van der Waals surface area contributed by atoms with Gasteiger partial charge in [0.05, 0.1) is 11.9 Å². The monoisotopic (exact) mass is 266 g/mol. The number of pyridine rings is 2. The third kappa shape index (κ3) is 2.51. The number of rotatable bonds is 3. The van der Waals surface area contributed by atoms with Gasteiger partial charge in [0.2, 0.25) is 0 Å². The van der Waals surface area contributed by atoms with Gasteiger partial charge in [-0.2, -0.15) is 5.10 Å². The summed E-state index contributed by atoms with van der Waals surface area (Å²) >= 11 is 0. The fourth-order valence-corrected chi connectivity index (χ4v) is 1.61. The van der Waals surface area contributed by atoms with E-state index in [0.717, 1.165) is 0 Å². The van der Waals surface area contributed by atoms with Crippen molar-refractivity contribution in [2.75, 3.05) is 5.32 Å². The van der Waals surface area contributed by atoms with E-state index < -0.39 is 0 Å². The highest BCUT2D eigenvalue weighted by atomic mass is 16.1. The van der Waals surface area contributed by atoms with Crippen LogP contribution in [0.5, 0.6) is 0 Å². The number of carbonyl (C=O) groups excluding carboxylic acids is 1. The minimum atomic E-state index is -0.277. The van der Waals surface area contributed by atoms with Crippen molar-refractivity contribution in [3.05, 3.63) is 61.1 Å². The number of hydrogen-bond donors (Lipinski definition) is 1. The maximum atomic E-state index is 11.9. The van der Waals surface area contributed by atoms with Crippen LogP contribution in [-0.4, -0.2) is 30.6 Å². The van der Waals surface area contributed by atoms with Crippen molar-refractivity contribution in [1.82, 2.24) is 24.7 Å². The molecule has 7 nitrogen and oxygen atoms in total. The molecule has 3 aromatic rings. The number of nitrogens with one attached hydrogen (secondary N) is 1. The van der Waals surface area contributed by atoms with Gasteiger partial charge in [0.15, 0.2) is 5.82 Å². The summed E-state index contributed by atoms with van der Waals surface area (Å²) in [6.45, 7) is 0. The van der Waals surface area contributed by atoms with Gasteiger partial charge in [-0.1, -0.05) is 6.07 Å². The molecule has 0 fully saturated rings. The number of anilines is 1. The van der Waals surface area contributed by atoms with E-state index in [2.05, 4.69) is 25.4 Å². The lowest BCUT2D eigenvalue weighted by Gasteiger charge is -2.05. The Morgan fingerprint density at radius 2 is 2.10 bits per heavy atom. The summed E-state index contributed by atoms with van der Waals surface area (Å²) in [5.74, 6) is 0.347. The molecule has 0 saturated heterocycles. The molecule has 0 aromatic carbocycles. The molecule has 7 heteroatoms. The largest absolute Gasteiger partial charge is 0.319 e. The maximum absolute atomic E-state index is 11.9. The maximum Gasteiger partial charge on any atom is 0.274 e. The van der Waals surface area contributed by atoms with Crippen molar-refractivity contribution in [3.63, 3.8) is 0 Å². The van der Waals surface area contributed by atoms with Gasteiger partial charge >= 0.3 is 0 Å². The Balaban J connectivity index is 1.74. The Kier molecular flexibility index (Phi) is 3.15. The van der Waals surface area contributed by atoms with Crippen LogP contribution in [0.2, 0.25) is 0 Å². The fourth-order valence-electron chi connectivity index (χ4n) is 1.61. The number of nitrogens with zero attached hydrogens (tertiary/aromatic N) is 5. The lowest BCUT2D eigenvalue weighted by Crippen LogP contribution is -2.13. The zero-order chi connectivity index (χ0) is 13.8. The summed E-state index contributed by atoms with van der Waals surface area (Å²) in [5.41, 5.74) is 0.942.